The molecule has 0 amide bonds. The topological polar surface area (TPSA) is 37.3 Å². The Balaban J connectivity index is 3.26. The van der Waals surface area contributed by atoms with Gasteiger partial charge in [0.25, 0.3) is 0 Å². The Hall–Kier alpha value is -0.530. The quantitative estimate of drug-likeness (QED) is 0.483. The van der Waals surface area contributed by atoms with Crippen molar-refractivity contribution < 1.29 is 9.90 Å². The number of carboxylic acids is 1. The highest BCUT2D eigenvalue weighted by molar-refractivity contribution is 5.66. The lowest BCUT2D eigenvalue weighted by Gasteiger charge is -2.11. The van der Waals surface area contributed by atoms with Crippen molar-refractivity contribution in [2.45, 2.75) is 85.0 Å². The zero-order chi connectivity index (χ0) is 13.8. The van der Waals surface area contributed by atoms with E-state index in [9.17, 15) is 4.79 Å². The summed E-state index contributed by atoms with van der Waals surface area (Å²) in [5, 5.41) is 8.54. The van der Waals surface area contributed by atoms with Crippen LogP contribution in [0.15, 0.2) is 0 Å². The van der Waals surface area contributed by atoms with Crippen LogP contribution < -0.4 is 0 Å². The van der Waals surface area contributed by atoms with Crippen molar-refractivity contribution in [3.63, 3.8) is 0 Å². The highest BCUT2D eigenvalue weighted by atomic mass is 16.4. The summed E-state index contributed by atoms with van der Waals surface area (Å²) in [6, 6.07) is 0. The van der Waals surface area contributed by atoms with Gasteiger partial charge < -0.3 is 5.11 Å². The molecule has 1 N–H and O–H groups in total. The molecule has 2 atom stereocenters. The first-order valence-corrected chi connectivity index (χ1v) is 7.78. The van der Waals surface area contributed by atoms with Gasteiger partial charge in [-0.15, -0.1) is 0 Å². The van der Waals surface area contributed by atoms with Crippen molar-refractivity contribution in [2.75, 3.05) is 0 Å². The molecule has 108 valence electrons. The first kappa shape index (κ1) is 17.5. The van der Waals surface area contributed by atoms with Crippen LogP contribution in [0.3, 0.4) is 0 Å². The van der Waals surface area contributed by atoms with Gasteiger partial charge in [0.1, 0.15) is 0 Å². The molecule has 0 aromatic heterocycles. The van der Waals surface area contributed by atoms with Gasteiger partial charge in [-0.2, -0.15) is 0 Å². The van der Waals surface area contributed by atoms with E-state index in [1.807, 2.05) is 0 Å². The lowest BCUT2D eigenvalue weighted by Crippen LogP contribution is -1.98. The van der Waals surface area contributed by atoms with Crippen molar-refractivity contribution in [1.29, 1.82) is 0 Å². The van der Waals surface area contributed by atoms with Crippen LogP contribution in [-0.4, -0.2) is 11.1 Å². The average molecular weight is 256 g/mol. The second-order valence-corrected chi connectivity index (χ2v) is 5.90. The molecule has 0 aromatic carbocycles. The molecule has 0 saturated carbocycles. The van der Waals surface area contributed by atoms with E-state index in [4.69, 9.17) is 5.11 Å². The summed E-state index contributed by atoms with van der Waals surface area (Å²) >= 11 is 0. The van der Waals surface area contributed by atoms with Gasteiger partial charge in [-0.1, -0.05) is 72.1 Å². The number of carboxylic acid groups (broad SMARTS) is 1. The normalized spacial score (nSPS) is 14.4. The highest BCUT2D eigenvalue weighted by Crippen LogP contribution is 2.18. The summed E-state index contributed by atoms with van der Waals surface area (Å²) in [6.07, 6.45) is 11.5. The molecule has 0 aromatic rings. The fourth-order valence-corrected chi connectivity index (χ4v) is 2.28. The number of aliphatic carboxylic acids is 1. The van der Waals surface area contributed by atoms with Crippen LogP contribution in [0.1, 0.15) is 85.0 Å². The molecule has 18 heavy (non-hydrogen) atoms. The molecule has 0 aliphatic rings. The molecule has 0 heterocycles. The summed E-state index contributed by atoms with van der Waals surface area (Å²) in [5.74, 6) is 0.994. The Morgan fingerprint density at radius 1 is 0.889 bits per heavy atom. The van der Waals surface area contributed by atoms with Gasteiger partial charge in [-0.25, -0.2) is 0 Å². The van der Waals surface area contributed by atoms with Crippen LogP contribution in [-0.2, 0) is 4.79 Å². The van der Waals surface area contributed by atoms with E-state index < -0.39 is 5.97 Å². The van der Waals surface area contributed by atoms with E-state index >= 15 is 0 Å². The van der Waals surface area contributed by atoms with Gasteiger partial charge in [-0.05, 0) is 18.3 Å². The Labute approximate surface area is 113 Å². The second-order valence-electron chi connectivity index (χ2n) is 5.90. The lowest BCUT2D eigenvalue weighted by atomic mass is 9.95. The SMILES string of the molecule is CCC(C)CCCCCC(C)CCCCC(=O)O. The summed E-state index contributed by atoms with van der Waals surface area (Å²) in [5.41, 5.74) is 0. The highest BCUT2D eigenvalue weighted by Gasteiger charge is 2.04. The molecule has 0 aliphatic carbocycles. The minimum absolute atomic E-state index is 0.335. The van der Waals surface area contributed by atoms with E-state index in [0.717, 1.165) is 24.7 Å². The number of rotatable bonds is 12. The molecule has 0 rings (SSSR count). The molecule has 2 nitrogen and oxygen atoms in total. The molecule has 0 spiro atoms. The summed E-state index contributed by atoms with van der Waals surface area (Å²) in [7, 11) is 0. The lowest BCUT2D eigenvalue weighted by molar-refractivity contribution is -0.137. The predicted molar refractivity (Wildman–Crippen MR) is 77.8 cm³/mol. The monoisotopic (exact) mass is 256 g/mol. The maximum absolute atomic E-state index is 10.4. The minimum atomic E-state index is -0.660. The Bertz CT molecular complexity index is 201. The van der Waals surface area contributed by atoms with Crippen LogP contribution in [0.4, 0.5) is 0 Å². The standard InChI is InChI=1S/C16H32O2/c1-4-14(2)10-6-5-7-11-15(3)12-8-9-13-16(17)18/h14-15H,4-13H2,1-3H3,(H,17,18). The van der Waals surface area contributed by atoms with Crippen molar-refractivity contribution in [2.24, 2.45) is 11.8 Å². The van der Waals surface area contributed by atoms with Crippen molar-refractivity contribution in [3.8, 4) is 0 Å². The van der Waals surface area contributed by atoms with Crippen molar-refractivity contribution in [3.05, 3.63) is 0 Å². The van der Waals surface area contributed by atoms with Crippen LogP contribution in [0, 0.1) is 11.8 Å². The van der Waals surface area contributed by atoms with Crippen LogP contribution >= 0.6 is 0 Å². The Morgan fingerprint density at radius 3 is 1.89 bits per heavy atom. The van der Waals surface area contributed by atoms with Gasteiger partial charge in [0.15, 0.2) is 0 Å². The average Bonchev–Trinajstić information content (AvgIpc) is 2.33. The summed E-state index contributed by atoms with van der Waals surface area (Å²) < 4.78 is 0. The van der Waals surface area contributed by atoms with E-state index in [1.54, 1.807) is 0 Å². The molecular weight excluding hydrogens is 224 g/mol. The minimum Gasteiger partial charge on any atom is -0.481 e. The fourth-order valence-electron chi connectivity index (χ4n) is 2.28. The van der Waals surface area contributed by atoms with E-state index in [1.165, 1.54) is 44.9 Å². The number of unbranched alkanes of at least 4 members (excludes halogenated alkanes) is 3. The largest absolute Gasteiger partial charge is 0.481 e. The summed E-state index contributed by atoms with van der Waals surface area (Å²) in [4.78, 5) is 10.4. The molecule has 2 unspecified atom stereocenters. The Kier molecular flexibility index (Phi) is 11.2. The predicted octanol–water partition coefficient (Wildman–Crippen LogP) is 5.26. The van der Waals surface area contributed by atoms with E-state index in [0.29, 0.717) is 6.42 Å². The third-order valence-corrected chi connectivity index (χ3v) is 3.93. The van der Waals surface area contributed by atoms with Crippen molar-refractivity contribution in [1.82, 2.24) is 0 Å². The fraction of sp³-hybridized carbons (Fsp3) is 0.938. The zero-order valence-corrected chi connectivity index (χ0v) is 12.6. The third-order valence-electron chi connectivity index (χ3n) is 3.93. The van der Waals surface area contributed by atoms with Crippen LogP contribution in [0.2, 0.25) is 0 Å². The van der Waals surface area contributed by atoms with E-state index in [2.05, 4.69) is 20.8 Å². The zero-order valence-electron chi connectivity index (χ0n) is 12.6. The molecule has 0 aliphatic heterocycles. The van der Waals surface area contributed by atoms with Gasteiger partial charge >= 0.3 is 5.97 Å². The number of hydrogen-bond donors (Lipinski definition) is 1. The molecule has 0 radical (unpaired) electrons. The maximum atomic E-state index is 10.4. The van der Waals surface area contributed by atoms with Gasteiger partial charge in [-0.3, -0.25) is 4.79 Å². The maximum Gasteiger partial charge on any atom is 0.303 e. The van der Waals surface area contributed by atoms with Crippen molar-refractivity contribution >= 4 is 5.97 Å². The van der Waals surface area contributed by atoms with Crippen LogP contribution in [0.25, 0.3) is 0 Å². The summed E-state index contributed by atoms with van der Waals surface area (Å²) in [6.45, 7) is 6.91. The van der Waals surface area contributed by atoms with Gasteiger partial charge in [0.05, 0.1) is 0 Å². The van der Waals surface area contributed by atoms with Gasteiger partial charge in [0, 0.05) is 6.42 Å². The van der Waals surface area contributed by atoms with Gasteiger partial charge in [0.2, 0.25) is 0 Å². The number of carbonyl (C=O) groups is 1. The number of hydrogen-bond acceptors (Lipinski definition) is 1. The third kappa shape index (κ3) is 11.9. The first-order chi connectivity index (χ1) is 8.56. The van der Waals surface area contributed by atoms with Crippen LogP contribution in [0.5, 0.6) is 0 Å². The molecule has 2 heteroatoms. The second kappa shape index (κ2) is 11.6. The molecular formula is C16H32O2. The molecule has 0 bridgehead atoms. The Morgan fingerprint density at radius 2 is 1.39 bits per heavy atom. The molecule has 0 fully saturated rings. The molecule has 0 saturated heterocycles. The smallest absolute Gasteiger partial charge is 0.303 e. The first-order valence-electron chi connectivity index (χ1n) is 7.78. The van der Waals surface area contributed by atoms with E-state index in [-0.39, 0.29) is 0 Å².